The number of benzene rings is 2. The van der Waals surface area contributed by atoms with Crippen LogP contribution in [-0.2, 0) is 16.1 Å². The predicted octanol–water partition coefficient (Wildman–Crippen LogP) is 3.34. The normalized spacial score (nSPS) is 10.3. The molecule has 1 amide bonds. The van der Waals surface area contributed by atoms with Crippen LogP contribution in [0.15, 0.2) is 42.5 Å². The summed E-state index contributed by atoms with van der Waals surface area (Å²) in [7, 11) is 2.82. The van der Waals surface area contributed by atoms with Crippen molar-refractivity contribution in [3.8, 4) is 11.5 Å². The highest BCUT2D eigenvalue weighted by Gasteiger charge is 2.17. The Kier molecular flexibility index (Phi) is 7.63. The molecule has 0 spiro atoms. The van der Waals surface area contributed by atoms with Crippen molar-refractivity contribution in [3.05, 3.63) is 53.6 Å². The third kappa shape index (κ3) is 6.00. The Bertz CT molecular complexity index is 776. The minimum absolute atomic E-state index is 0.00542. The van der Waals surface area contributed by atoms with E-state index in [9.17, 15) is 14.7 Å². The van der Waals surface area contributed by atoms with Crippen LogP contribution < -0.4 is 14.8 Å². The molecule has 2 N–H and O–H groups in total. The molecule has 2 aromatic rings. The number of anilines is 1. The molecule has 0 heterocycles. The molecule has 0 aliphatic carbocycles. The van der Waals surface area contributed by atoms with E-state index in [4.69, 9.17) is 14.2 Å². The number of hydrogen-bond acceptors (Lipinski definition) is 5. The van der Waals surface area contributed by atoms with Crippen LogP contribution in [0.2, 0.25) is 0 Å². The molecule has 0 bridgehead atoms. The highest BCUT2D eigenvalue weighted by atomic mass is 16.5. The van der Waals surface area contributed by atoms with Crippen LogP contribution in [0.5, 0.6) is 11.5 Å². The first-order valence-corrected chi connectivity index (χ1v) is 8.46. The van der Waals surface area contributed by atoms with Crippen molar-refractivity contribution < 1.29 is 28.9 Å². The van der Waals surface area contributed by atoms with Gasteiger partial charge in [0.15, 0.2) is 11.5 Å². The maximum atomic E-state index is 12.2. The highest BCUT2D eigenvalue weighted by molar-refractivity contribution is 5.96. The zero-order valence-corrected chi connectivity index (χ0v) is 15.4. The van der Waals surface area contributed by atoms with E-state index in [0.717, 1.165) is 5.56 Å². The van der Waals surface area contributed by atoms with Gasteiger partial charge in [-0.1, -0.05) is 30.3 Å². The quantitative estimate of drug-likeness (QED) is 0.621. The average molecular weight is 373 g/mol. The lowest BCUT2D eigenvalue weighted by atomic mass is 10.1. The molecule has 0 unspecified atom stereocenters. The molecule has 0 aliphatic rings. The van der Waals surface area contributed by atoms with Crippen molar-refractivity contribution in [1.29, 1.82) is 0 Å². The fourth-order valence-corrected chi connectivity index (χ4v) is 2.49. The van der Waals surface area contributed by atoms with Crippen LogP contribution in [0.3, 0.4) is 0 Å². The van der Waals surface area contributed by atoms with Crippen LogP contribution >= 0.6 is 0 Å². The summed E-state index contributed by atoms with van der Waals surface area (Å²) in [6.45, 7) is 0.937. The number of amides is 1. The lowest BCUT2D eigenvalue weighted by Gasteiger charge is -2.15. The van der Waals surface area contributed by atoms with Crippen molar-refractivity contribution >= 4 is 17.6 Å². The summed E-state index contributed by atoms with van der Waals surface area (Å²) < 4.78 is 15.9. The van der Waals surface area contributed by atoms with Gasteiger partial charge in [-0.25, -0.2) is 4.79 Å². The van der Waals surface area contributed by atoms with Crippen molar-refractivity contribution in [2.75, 3.05) is 26.1 Å². The molecule has 7 nitrogen and oxygen atoms in total. The minimum atomic E-state index is -1.12. The highest BCUT2D eigenvalue weighted by Crippen LogP contribution is 2.36. The number of carboxylic acids is 1. The molecule has 2 rings (SSSR count). The number of carboxylic acid groups (broad SMARTS) is 1. The Morgan fingerprint density at radius 2 is 1.81 bits per heavy atom. The number of methoxy groups -OCH3 is 2. The van der Waals surface area contributed by atoms with E-state index in [1.54, 1.807) is 0 Å². The maximum Gasteiger partial charge on any atom is 0.335 e. The van der Waals surface area contributed by atoms with Gasteiger partial charge in [-0.3, -0.25) is 4.79 Å². The zero-order chi connectivity index (χ0) is 19.6. The standard InChI is InChI=1S/C20H23NO6/c1-25-17-12-15(20(23)24)11-16(19(17)26-2)21-18(22)9-6-10-27-13-14-7-4-3-5-8-14/h3-5,7-8,11-12H,6,9-10,13H2,1-2H3,(H,21,22)(H,23,24). The summed E-state index contributed by atoms with van der Waals surface area (Å²) in [5.41, 5.74) is 1.32. The molecule has 2 aromatic carbocycles. The average Bonchev–Trinajstić information content (AvgIpc) is 2.67. The Labute approximate surface area is 157 Å². The molecule has 0 atom stereocenters. The van der Waals surface area contributed by atoms with Crippen LogP contribution in [0, 0.1) is 0 Å². The van der Waals surface area contributed by atoms with E-state index in [1.807, 2.05) is 30.3 Å². The first-order valence-electron chi connectivity index (χ1n) is 8.46. The van der Waals surface area contributed by atoms with Crippen molar-refractivity contribution in [1.82, 2.24) is 0 Å². The largest absolute Gasteiger partial charge is 0.493 e. The minimum Gasteiger partial charge on any atom is -0.493 e. The van der Waals surface area contributed by atoms with E-state index in [1.165, 1.54) is 26.4 Å². The summed E-state index contributed by atoms with van der Waals surface area (Å²) in [6.07, 6.45) is 0.772. The second-order valence-corrected chi connectivity index (χ2v) is 5.75. The van der Waals surface area contributed by atoms with Crippen LogP contribution in [0.1, 0.15) is 28.8 Å². The van der Waals surface area contributed by atoms with Crippen LogP contribution in [0.25, 0.3) is 0 Å². The molecule has 144 valence electrons. The molecule has 0 saturated heterocycles. The lowest BCUT2D eigenvalue weighted by Crippen LogP contribution is -2.14. The van der Waals surface area contributed by atoms with Gasteiger partial charge in [-0.2, -0.15) is 0 Å². The van der Waals surface area contributed by atoms with Gasteiger partial charge in [0.2, 0.25) is 5.91 Å². The molecule has 0 radical (unpaired) electrons. The Morgan fingerprint density at radius 1 is 1.07 bits per heavy atom. The third-order valence-electron chi connectivity index (χ3n) is 3.80. The third-order valence-corrected chi connectivity index (χ3v) is 3.80. The van der Waals surface area contributed by atoms with Crippen LogP contribution in [0.4, 0.5) is 5.69 Å². The number of rotatable bonds is 10. The van der Waals surface area contributed by atoms with Crippen LogP contribution in [-0.4, -0.2) is 37.8 Å². The molecular weight excluding hydrogens is 350 g/mol. The summed E-state index contributed by atoms with van der Waals surface area (Å²) in [4.78, 5) is 23.4. The summed E-state index contributed by atoms with van der Waals surface area (Å²) in [5, 5.41) is 11.9. The fourth-order valence-electron chi connectivity index (χ4n) is 2.49. The molecule has 0 aromatic heterocycles. The zero-order valence-electron chi connectivity index (χ0n) is 15.4. The smallest absolute Gasteiger partial charge is 0.335 e. The Morgan fingerprint density at radius 3 is 2.44 bits per heavy atom. The monoisotopic (exact) mass is 373 g/mol. The Balaban J connectivity index is 1.89. The van der Waals surface area contributed by atoms with Gasteiger partial charge in [-0.05, 0) is 24.1 Å². The maximum absolute atomic E-state index is 12.2. The first-order chi connectivity index (χ1) is 13.0. The molecular formula is C20H23NO6. The van der Waals surface area contributed by atoms with E-state index in [0.29, 0.717) is 19.6 Å². The van der Waals surface area contributed by atoms with E-state index in [-0.39, 0.29) is 35.1 Å². The SMILES string of the molecule is COc1cc(C(=O)O)cc(NC(=O)CCCOCc2ccccc2)c1OC. The first kappa shape index (κ1) is 20.3. The Hall–Kier alpha value is -3.06. The van der Waals surface area contributed by atoms with Crippen molar-refractivity contribution in [2.24, 2.45) is 0 Å². The molecule has 27 heavy (non-hydrogen) atoms. The molecule has 0 fully saturated rings. The van der Waals surface area contributed by atoms with E-state index in [2.05, 4.69) is 5.32 Å². The number of nitrogens with one attached hydrogen (secondary N) is 1. The fraction of sp³-hybridized carbons (Fsp3) is 0.300. The number of ether oxygens (including phenoxy) is 3. The molecule has 0 aliphatic heterocycles. The number of hydrogen-bond donors (Lipinski definition) is 2. The number of carbonyl (C=O) groups is 2. The number of aromatic carboxylic acids is 1. The van der Waals surface area contributed by atoms with E-state index >= 15 is 0 Å². The van der Waals surface area contributed by atoms with Gasteiger partial charge >= 0.3 is 5.97 Å². The topological polar surface area (TPSA) is 94.1 Å². The second kappa shape index (κ2) is 10.2. The van der Waals surface area contributed by atoms with Gasteiger partial charge in [-0.15, -0.1) is 0 Å². The predicted molar refractivity (Wildman–Crippen MR) is 100 cm³/mol. The van der Waals surface area contributed by atoms with Gasteiger partial charge in [0.1, 0.15) is 0 Å². The number of carbonyl (C=O) groups excluding carboxylic acids is 1. The van der Waals surface area contributed by atoms with E-state index < -0.39 is 5.97 Å². The summed E-state index contributed by atoms with van der Waals surface area (Å²) in [5.74, 6) is -0.878. The summed E-state index contributed by atoms with van der Waals surface area (Å²) in [6, 6.07) is 12.5. The van der Waals surface area contributed by atoms with Gasteiger partial charge in [0.25, 0.3) is 0 Å². The van der Waals surface area contributed by atoms with Gasteiger partial charge < -0.3 is 24.6 Å². The molecule has 7 heteroatoms. The lowest BCUT2D eigenvalue weighted by molar-refractivity contribution is -0.116. The molecule has 0 saturated carbocycles. The van der Waals surface area contributed by atoms with Crippen molar-refractivity contribution in [3.63, 3.8) is 0 Å². The van der Waals surface area contributed by atoms with Crippen molar-refractivity contribution in [2.45, 2.75) is 19.4 Å². The van der Waals surface area contributed by atoms with Gasteiger partial charge in [0, 0.05) is 13.0 Å². The van der Waals surface area contributed by atoms with Gasteiger partial charge in [0.05, 0.1) is 32.1 Å². The second-order valence-electron chi connectivity index (χ2n) is 5.75. The summed E-state index contributed by atoms with van der Waals surface area (Å²) >= 11 is 0.